The van der Waals surface area contributed by atoms with E-state index in [4.69, 9.17) is 0 Å². The van der Waals surface area contributed by atoms with Gasteiger partial charge >= 0.3 is 0 Å². The van der Waals surface area contributed by atoms with Gasteiger partial charge < -0.3 is 14.7 Å². The number of benzene rings is 9. The average Bonchev–Trinajstić information content (AvgIpc) is 3.35. The highest BCUT2D eigenvalue weighted by Crippen LogP contribution is 2.53. The minimum Gasteiger partial charge on any atom is -0.310 e. The summed E-state index contributed by atoms with van der Waals surface area (Å²) < 4.78 is 0. The molecule has 0 bridgehead atoms. The molecule has 316 valence electrons. The fourth-order valence-electron chi connectivity index (χ4n) is 8.86. The lowest BCUT2D eigenvalue weighted by molar-refractivity contribution is 1.13. The Hall–Kier alpha value is -7.62. The van der Waals surface area contributed by atoms with Gasteiger partial charge in [-0.3, -0.25) is 0 Å². The predicted octanol–water partition coefficient (Wildman–Crippen LogP) is 18.0. The molecule has 0 atom stereocenters. The number of aryl methyl sites for hydroxylation is 2. The van der Waals surface area contributed by atoms with Crippen LogP contribution in [0.5, 0.6) is 0 Å². The van der Waals surface area contributed by atoms with E-state index >= 15 is 0 Å². The summed E-state index contributed by atoms with van der Waals surface area (Å²) in [6.45, 7) is 15.2. The van der Waals surface area contributed by atoms with Crippen LogP contribution in [0.25, 0.3) is 22.3 Å². The van der Waals surface area contributed by atoms with E-state index in [0.29, 0.717) is 0 Å². The van der Waals surface area contributed by atoms with Crippen molar-refractivity contribution < 1.29 is 0 Å². The standard InChI is InChI=1S/C59H51N3.C2H6/c1-42-32-36-53(37-33-42)60(54-38-34-43(2)35-39-54)57-44(3)58(61(51-26-14-8-15-27-51)55-30-18-24-49(40-55)47-20-10-6-11-21-47)46(5)59(45(57)4)62(52-28-16-9-17-29-52)56-31-19-25-50(41-56)48-22-12-7-13-23-48;1-2/h6-41H,1-5H3;1-2H3. The van der Waals surface area contributed by atoms with Crippen molar-refractivity contribution in [1.82, 2.24) is 0 Å². The summed E-state index contributed by atoms with van der Waals surface area (Å²) in [7, 11) is 0. The number of para-hydroxylation sites is 2. The van der Waals surface area contributed by atoms with Crippen LogP contribution in [0, 0.1) is 34.6 Å². The second-order valence-electron chi connectivity index (χ2n) is 16.1. The Kier molecular flexibility index (Phi) is 13.2. The van der Waals surface area contributed by atoms with Crippen LogP contribution in [0.1, 0.15) is 41.7 Å². The topological polar surface area (TPSA) is 9.72 Å². The van der Waals surface area contributed by atoms with Gasteiger partial charge in [0.25, 0.3) is 0 Å². The van der Waals surface area contributed by atoms with Crippen LogP contribution in [-0.2, 0) is 0 Å². The molecule has 9 rings (SSSR count). The Labute approximate surface area is 381 Å². The Morgan fingerprint density at radius 3 is 0.812 bits per heavy atom. The van der Waals surface area contributed by atoms with Gasteiger partial charge in [0.05, 0.1) is 17.1 Å². The molecule has 0 fully saturated rings. The first-order valence-electron chi connectivity index (χ1n) is 22.4. The Morgan fingerprint density at radius 2 is 0.484 bits per heavy atom. The van der Waals surface area contributed by atoms with Crippen molar-refractivity contribution in [2.24, 2.45) is 0 Å². The molecule has 0 amide bonds. The smallest absolute Gasteiger partial charge is 0.0562 e. The maximum atomic E-state index is 2.47. The zero-order valence-electron chi connectivity index (χ0n) is 38.1. The first-order chi connectivity index (χ1) is 31.4. The van der Waals surface area contributed by atoms with Gasteiger partial charge in [-0.05, 0) is 146 Å². The van der Waals surface area contributed by atoms with Crippen molar-refractivity contribution in [1.29, 1.82) is 0 Å². The molecule has 3 heteroatoms. The summed E-state index contributed by atoms with van der Waals surface area (Å²) in [5, 5.41) is 0. The average molecular weight is 832 g/mol. The van der Waals surface area contributed by atoms with Gasteiger partial charge in [-0.25, -0.2) is 0 Å². The fraction of sp³-hybridized carbons (Fsp3) is 0.115. The van der Waals surface area contributed by atoms with E-state index in [1.54, 1.807) is 0 Å². The highest BCUT2D eigenvalue weighted by molar-refractivity contribution is 5.97. The Balaban J connectivity index is 0.00000276. The van der Waals surface area contributed by atoms with Crippen LogP contribution >= 0.6 is 0 Å². The number of rotatable bonds is 11. The van der Waals surface area contributed by atoms with Crippen molar-refractivity contribution in [3.63, 3.8) is 0 Å². The lowest BCUT2D eigenvalue weighted by atomic mass is 9.93. The molecular weight excluding hydrogens is 775 g/mol. The summed E-state index contributed by atoms with van der Waals surface area (Å²) >= 11 is 0. The molecule has 0 heterocycles. The van der Waals surface area contributed by atoms with Gasteiger partial charge in [0.2, 0.25) is 0 Å². The van der Waals surface area contributed by atoms with Gasteiger partial charge in [-0.2, -0.15) is 0 Å². The molecule has 0 N–H and O–H groups in total. The Bertz CT molecular complexity index is 2730. The maximum absolute atomic E-state index is 2.47. The molecule has 0 unspecified atom stereocenters. The van der Waals surface area contributed by atoms with Crippen molar-refractivity contribution >= 4 is 51.2 Å². The molecule has 0 saturated heterocycles. The molecule has 0 aliphatic heterocycles. The molecule has 0 spiro atoms. The molecule has 0 aliphatic carbocycles. The normalized spacial score (nSPS) is 10.7. The molecule has 0 aliphatic rings. The highest BCUT2D eigenvalue weighted by Gasteiger charge is 2.31. The van der Waals surface area contributed by atoms with E-state index in [0.717, 1.165) is 62.3 Å². The second kappa shape index (κ2) is 19.6. The minimum absolute atomic E-state index is 1.08. The summed E-state index contributed by atoms with van der Waals surface area (Å²) in [6.07, 6.45) is 0. The third-order valence-electron chi connectivity index (χ3n) is 11.8. The Morgan fingerprint density at radius 1 is 0.234 bits per heavy atom. The van der Waals surface area contributed by atoms with E-state index in [9.17, 15) is 0 Å². The summed E-state index contributed by atoms with van der Waals surface area (Å²) in [4.78, 5) is 7.40. The summed E-state index contributed by atoms with van der Waals surface area (Å²) in [6, 6.07) is 78.8. The SMILES string of the molecule is CC.Cc1ccc(N(c2ccc(C)cc2)c2c(C)c(N(c3ccccc3)c3cccc(-c4ccccc4)c3)c(C)c(N(c3ccccc3)c3cccc(-c4ccccc4)c3)c2C)cc1. The van der Waals surface area contributed by atoms with E-state index in [2.05, 4.69) is 268 Å². The number of hydrogen-bond acceptors (Lipinski definition) is 3. The number of nitrogens with zero attached hydrogens (tertiary/aromatic N) is 3. The number of hydrogen-bond donors (Lipinski definition) is 0. The largest absolute Gasteiger partial charge is 0.310 e. The summed E-state index contributed by atoms with van der Waals surface area (Å²) in [5.74, 6) is 0. The molecule has 0 radical (unpaired) electrons. The summed E-state index contributed by atoms with van der Waals surface area (Å²) in [5.41, 5.74) is 20.5. The van der Waals surface area contributed by atoms with Gasteiger partial charge in [0.1, 0.15) is 0 Å². The minimum atomic E-state index is 1.08. The van der Waals surface area contributed by atoms with Crippen LogP contribution in [0.15, 0.2) is 218 Å². The molecule has 9 aromatic rings. The molecule has 9 aromatic carbocycles. The molecule has 0 saturated carbocycles. The number of anilines is 9. The lowest BCUT2D eigenvalue weighted by Gasteiger charge is -2.38. The quantitative estimate of drug-likeness (QED) is 0.129. The lowest BCUT2D eigenvalue weighted by Crippen LogP contribution is -2.22. The van der Waals surface area contributed by atoms with Crippen LogP contribution < -0.4 is 14.7 Å². The second-order valence-corrected chi connectivity index (χ2v) is 16.1. The van der Waals surface area contributed by atoms with Crippen LogP contribution in [0.3, 0.4) is 0 Å². The third-order valence-corrected chi connectivity index (χ3v) is 11.8. The highest BCUT2D eigenvalue weighted by atomic mass is 15.2. The van der Waals surface area contributed by atoms with Crippen LogP contribution in [0.4, 0.5) is 51.2 Å². The van der Waals surface area contributed by atoms with Gasteiger partial charge in [-0.1, -0.05) is 171 Å². The van der Waals surface area contributed by atoms with Crippen LogP contribution in [0.2, 0.25) is 0 Å². The first kappa shape index (κ1) is 43.0. The van der Waals surface area contributed by atoms with Crippen molar-refractivity contribution in [2.45, 2.75) is 48.5 Å². The molecule has 64 heavy (non-hydrogen) atoms. The van der Waals surface area contributed by atoms with E-state index in [1.165, 1.54) is 38.9 Å². The maximum Gasteiger partial charge on any atom is 0.0562 e. The van der Waals surface area contributed by atoms with E-state index in [-0.39, 0.29) is 0 Å². The van der Waals surface area contributed by atoms with Gasteiger partial charge in [-0.15, -0.1) is 0 Å². The molecular formula is C61H57N3. The molecule has 0 aromatic heterocycles. The zero-order valence-corrected chi connectivity index (χ0v) is 38.1. The fourth-order valence-corrected chi connectivity index (χ4v) is 8.86. The molecule has 3 nitrogen and oxygen atoms in total. The van der Waals surface area contributed by atoms with Crippen molar-refractivity contribution in [3.8, 4) is 22.3 Å². The van der Waals surface area contributed by atoms with Gasteiger partial charge in [0.15, 0.2) is 0 Å². The predicted molar refractivity (Wildman–Crippen MR) is 276 cm³/mol. The first-order valence-corrected chi connectivity index (χ1v) is 22.4. The van der Waals surface area contributed by atoms with Crippen molar-refractivity contribution in [3.05, 3.63) is 246 Å². The third kappa shape index (κ3) is 8.84. The van der Waals surface area contributed by atoms with Gasteiger partial charge in [0, 0.05) is 34.1 Å². The van der Waals surface area contributed by atoms with Crippen molar-refractivity contribution in [2.75, 3.05) is 14.7 Å². The van der Waals surface area contributed by atoms with E-state index < -0.39 is 0 Å². The van der Waals surface area contributed by atoms with Crippen LogP contribution in [-0.4, -0.2) is 0 Å². The monoisotopic (exact) mass is 831 g/mol. The zero-order chi connectivity index (χ0) is 44.6. The van der Waals surface area contributed by atoms with E-state index in [1.807, 2.05) is 13.8 Å².